The molecule has 118 valence electrons. The molecule has 0 unspecified atom stereocenters. The molecule has 1 aliphatic heterocycles. The number of imide groups is 1. The van der Waals surface area contributed by atoms with Crippen molar-refractivity contribution in [2.75, 3.05) is 5.32 Å². The van der Waals surface area contributed by atoms with Gasteiger partial charge in [-0.25, -0.2) is 4.98 Å². The second kappa shape index (κ2) is 5.09. The molecule has 0 radical (unpaired) electrons. The van der Waals surface area contributed by atoms with Gasteiger partial charge in [-0.05, 0) is 44.5 Å². The van der Waals surface area contributed by atoms with E-state index in [0.29, 0.717) is 16.6 Å². The van der Waals surface area contributed by atoms with Crippen LogP contribution in [0.1, 0.15) is 29.8 Å². The number of hydrogen-bond donors (Lipinski definition) is 2. The van der Waals surface area contributed by atoms with E-state index in [1.165, 1.54) is 12.8 Å². The summed E-state index contributed by atoms with van der Waals surface area (Å²) in [5.74, 6) is 0.532. The molecule has 4 rings (SSSR count). The van der Waals surface area contributed by atoms with Gasteiger partial charge in [0.15, 0.2) is 5.65 Å². The number of hydrogen-bond acceptors (Lipinski definition) is 6. The number of carbonyl (C=O) groups excluding carboxylic acids is 2. The van der Waals surface area contributed by atoms with E-state index < -0.39 is 0 Å². The maximum atomic E-state index is 11.8. The number of carbonyl (C=O) groups is 2. The predicted octanol–water partition coefficient (Wildman–Crippen LogP) is 2.24. The van der Waals surface area contributed by atoms with Crippen LogP contribution < -0.4 is 10.6 Å². The van der Waals surface area contributed by atoms with Gasteiger partial charge in [0.05, 0.1) is 10.6 Å². The van der Waals surface area contributed by atoms with E-state index in [1.807, 2.05) is 19.9 Å². The van der Waals surface area contributed by atoms with Crippen LogP contribution in [0.2, 0.25) is 0 Å². The molecule has 2 N–H and O–H groups in total. The lowest BCUT2D eigenvalue weighted by molar-refractivity contribution is -0.115. The van der Waals surface area contributed by atoms with E-state index in [1.54, 1.807) is 10.6 Å². The number of anilines is 1. The maximum absolute atomic E-state index is 11.8. The smallest absolute Gasteiger partial charge is 0.290 e. The molecule has 0 atom stereocenters. The van der Waals surface area contributed by atoms with Gasteiger partial charge in [0.1, 0.15) is 5.82 Å². The molecule has 7 nitrogen and oxygen atoms in total. The highest BCUT2D eigenvalue weighted by atomic mass is 32.2. The van der Waals surface area contributed by atoms with E-state index in [2.05, 4.69) is 20.7 Å². The molecule has 0 spiro atoms. The Morgan fingerprint density at radius 1 is 1.39 bits per heavy atom. The Labute approximate surface area is 136 Å². The van der Waals surface area contributed by atoms with Crippen molar-refractivity contribution in [2.45, 2.75) is 32.7 Å². The number of nitrogens with zero attached hydrogens (tertiary/aromatic N) is 3. The lowest BCUT2D eigenvalue weighted by atomic mass is 10.2. The lowest BCUT2D eigenvalue weighted by Crippen LogP contribution is -2.17. The highest BCUT2D eigenvalue weighted by molar-refractivity contribution is 8.18. The third kappa shape index (κ3) is 2.59. The van der Waals surface area contributed by atoms with E-state index in [9.17, 15) is 9.59 Å². The minimum absolute atomic E-state index is 0.351. The molecule has 2 aromatic rings. The summed E-state index contributed by atoms with van der Waals surface area (Å²) >= 11 is 0.899. The van der Waals surface area contributed by atoms with Crippen molar-refractivity contribution in [1.29, 1.82) is 0 Å². The van der Waals surface area contributed by atoms with Crippen LogP contribution in [0.5, 0.6) is 0 Å². The molecular formula is C15H15N5O2S. The Bertz CT molecular complexity index is 882. The molecule has 23 heavy (non-hydrogen) atoms. The van der Waals surface area contributed by atoms with Crippen LogP contribution in [-0.4, -0.2) is 31.8 Å². The average molecular weight is 329 g/mol. The minimum Gasteiger partial charge on any atom is -0.367 e. The van der Waals surface area contributed by atoms with Crippen LogP contribution in [0, 0.1) is 13.8 Å². The SMILES string of the molecule is Cc1cc(NC2CC2)n2nc(C)c(/C=C3\SC(=O)NC3=O)c2n1. The molecule has 8 heteroatoms. The van der Waals surface area contributed by atoms with E-state index in [4.69, 9.17) is 0 Å². The van der Waals surface area contributed by atoms with Crippen LogP contribution in [0.15, 0.2) is 11.0 Å². The van der Waals surface area contributed by atoms with Crippen molar-refractivity contribution >= 4 is 40.4 Å². The van der Waals surface area contributed by atoms with Crippen LogP contribution in [0.4, 0.5) is 10.6 Å². The van der Waals surface area contributed by atoms with Crippen LogP contribution in [0.3, 0.4) is 0 Å². The van der Waals surface area contributed by atoms with Crippen molar-refractivity contribution in [3.8, 4) is 0 Å². The van der Waals surface area contributed by atoms with Crippen molar-refractivity contribution in [3.63, 3.8) is 0 Å². The number of amides is 2. The summed E-state index contributed by atoms with van der Waals surface area (Å²) < 4.78 is 1.77. The van der Waals surface area contributed by atoms with Gasteiger partial charge in [0.25, 0.3) is 11.1 Å². The predicted molar refractivity (Wildman–Crippen MR) is 88.2 cm³/mol. The Morgan fingerprint density at radius 2 is 2.17 bits per heavy atom. The summed E-state index contributed by atoms with van der Waals surface area (Å²) in [5, 5.41) is 9.90. The summed E-state index contributed by atoms with van der Waals surface area (Å²) in [4.78, 5) is 28.0. The molecule has 2 aliphatic rings. The number of nitrogens with one attached hydrogen (secondary N) is 2. The normalized spacial score (nSPS) is 19.7. The Morgan fingerprint density at radius 3 is 2.83 bits per heavy atom. The molecule has 3 heterocycles. The lowest BCUT2D eigenvalue weighted by Gasteiger charge is -2.08. The molecule has 0 bridgehead atoms. The highest BCUT2D eigenvalue weighted by Gasteiger charge is 2.27. The van der Waals surface area contributed by atoms with Crippen LogP contribution >= 0.6 is 11.8 Å². The number of rotatable bonds is 3. The van der Waals surface area contributed by atoms with Crippen LogP contribution in [0.25, 0.3) is 11.7 Å². The second-order valence-corrected chi connectivity index (χ2v) is 6.80. The Hall–Kier alpha value is -2.35. The molecule has 2 fully saturated rings. The van der Waals surface area contributed by atoms with Gasteiger partial charge in [0.2, 0.25) is 0 Å². The quantitative estimate of drug-likeness (QED) is 0.840. The van der Waals surface area contributed by atoms with Gasteiger partial charge in [-0.2, -0.15) is 9.61 Å². The Balaban J connectivity index is 1.85. The maximum Gasteiger partial charge on any atom is 0.290 e. The first-order chi connectivity index (χ1) is 11.0. The number of thioether (sulfide) groups is 1. The van der Waals surface area contributed by atoms with Gasteiger partial charge in [0, 0.05) is 23.4 Å². The van der Waals surface area contributed by atoms with Gasteiger partial charge >= 0.3 is 0 Å². The summed E-state index contributed by atoms with van der Waals surface area (Å²) in [6.45, 7) is 3.80. The van der Waals surface area contributed by atoms with Crippen molar-refractivity contribution < 1.29 is 9.59 Å². The van der Waals surface area contributed by atoms with Gasteiger partial charge in [-0.1, -0.05) is 0 Å². The van der Waals surface area contributed by atoms with Crippen molar-refractivity contribution in [2.24, 2.45) is 0 Å². The van der Waals surface area contributed by atoms with Gasteiger partial charge in [-0.3, -0.25) is 14.9 Å². The fraction of sp³-hybridized carbons (Fsp3) is 0.333. The van der Waals surface area contributed by atoms with Crippen molar-refractivity contribution in [1.82, 2.24) is 19.9 Å². The standard InChI is InChI=1S/C15H15N5O2S/c1-7-5-12(17-9-3-4-9)20-13(16-7)10(8(2)19-20)6-11-14(21)18-15(22)23-11/h5-6,9,17H,3-4H2,1-2H3,(H,18,21,22)/b11-6-. The topological polar surface area (TPSA) is 88.4 Å². The molecule has 2 amide bonds. The first-order valence-corrected chi connectivity index (χ1v) is 8.21. The first-order valence-electron chi connectivity index (χ1n) is 7.39. The fourth-order valence-electron chi connectivity index (χ4n) is 2.52. The average Bonchev–Trinajstić information content (AvgIpc) is 3.16. The zero-order valence-electron chi connectivity index (χ0n) is 12.7. The van der Waals surface area contributed by atoms with E-state index in [0.717, 1.165) is 34.5 Å². The number of aromatic nitrogens is 3. The van der Waals surface area contributed by atoms with Crippen LogP contribution in [-0.2, 0) is 4.79 Å². The van der Waals surface area contributed by atoms with Gasteiger partial charge in [-0.15, -0.1) is 0 Å². The molecule has 1 saturated heterocycles. The fourth-order valence-corrected chi connectivity index (χ4v) is 3.19. The zero-order valence-corrected chi connectivity index (χ0v) is 13.5. The molecule has 1 saturated carbocycles. The van der Waals surface area contributed by atoms with Crippen molar-refractivity contribution in [3.05, 3.63) is 27.9 Å². The summed E-state index contributed by atoms with van der Waals surface area (Å²) in [7, 11) is 0. The highest BCUT2D eigenvalue weighted by Crippen LogP contribution is 2.30. The van der Waals surface area contributed by atoms with Gasteiger partial charge < -0.3 is 5.32 Å². The Kier molecular flexibility index (Phi) is 3.15. The summed E-state index contributed by atoms with van der Waals surface area (Å²) in [6, 6.07) is 2.47. The summed E-state index contributed by atoms with van der Waals surface area (Å²) in [6.07, 6.45) is 4.02. The summed E-state index contributed by atoms with van der Waals surface area (Å²) in [5.41, 5.74) is 3.09. The second-order valence-electron chi connectivity index (χ2n) is 5.79. The molecule has 2 aromatic heterocycles. The molecule has 1 aliphatic carbocycles. The molecular weight excluding hydrogens is 314 g/mol. The largest absolute Gasteiger partial charge is 0.367 e. The van der Waals surface area contributed by atoms with E-state index >= 15 is 0 Å². The first kappa shape index (κ1) is 14.3. The third-order valence-electron chi connectivity index (χ3n) is 3.78. The monoisotopic (exact) mass is 329 g/mol. The molecule has 0 aromatic carbocycles. The third-order valence-corrected chi connectivity index (χ3v) is 4.59. The number of fused-ring (bicyclic) bond motifs is 1. The number of aryl methyl sites for hydroxylation is 2. The zero-order chi connectivity index (χ0) is 16.1. The van der Waals surface area contributed by atoms with E-state index in [-0.39, 0.29) is 11.1 Å². The minimum atomic E-state index is -0.372.